The van der Waals surface area contributed by atoms with Gasteiger partial charge >= 0.3 is 0 Å². The Hall–Kier alpha value is -1.16. The Morgan fingerprint density at radius 1 is 1.46 bits per heavy atom. The van der Waals surface area contributed by atoms with E-state index in [1.165, 1.54) is 0 Å². The van der Waals surface area contributed by atoms with Crippen LogP contribution >= 0.6 is 0 Å². The van der Waals surface area contributed by atoms with E-state index in [0.29, 0.717) is 11.7 Å². The molecule has 1 aromatic heterocycles. The van der Waals surface area contributed by atoms with Crippen molar-refractivity contribution >= 4 is 5.82 Å². The van der Waals surface area contributed by atoms with Crippen LogP contribution in [0, 0.1) is 0 Å². The van der Waals surface area contributed by atoms with Gasteiger partial charge in [0, 0.05) is 18.5 Å². The van der Waals surface area contributed by atoms with Crippen LogP contribution in [-0.2, 0) is 6.54 Å². The molecule has 3 N–H and O–H groups in total. The van der Waals surface area contributed by atoms with Crippen molar-refractivity contribution in [3.05, 3.63) is 17.6 Å². The van der Waals surface area contributed by atoms with E-state index in [4.69, 9.17) is 5.73 Å². The summed E-state index contributed by atoms with van der Waals surface area (Å²) in [4.78, 5) is 8.52. The van der Waals surface area contributed by atoms with Crippen molar-refractivity contribution in [2.24, 2.45) is 0 Å². The molecule has 13 heavy (non-hydrogen) atoms. The highest BCUT2D eigenvalue weighted by Crippen LogP contribution is 2.11. The number of nitrogens with one attached hydrogen (secondary N) is 1. The average molecular weight is 180 g/mol. The summed E-state index contributed by atoms with van der Waals surface area (Å²) in [6, 6.07) is 1.79. The molecule has 0 saturated carbocycles. The van der Waals surface area contributed by atoms with Crippen LogP contribution in [0.4, 0.5) is 5.82 Å². The van der Waals surface area contributed by atoms with Crippen LogP contribution < -0.4 is 11.1 Å². The van der Waals surface area contributed by atoms with E-state index in [1.54, 1.807) is 6.07 Å². The van der Waals surface area contributed by atoms with Gasteiger partial charge in [-0.25, -0.2) is 9.97 Å². The molecule has 4 nitrogen and oxygen atoms in total. The van der Waals surface area contributed by atoms with E-state index in [1.807, 2.05) is 7.05 Å². The van der Waals surface area contributed by atoms with Gasteiger partial charge in [0.2, 0.25) is 0 Å². The monoisotopic (exact) mass is 180 g/mol. The van der Waals surface area contributed by atoms with Crippen molar-refractivity contribution in [3.63, 3.8) is 0 Å². The van der Waals surface area contributed by atoms with Gasteiger partial charge < -0.3 is 11.1 Å². The molecule has 0 fully saturated rings. The number of hydrogen-bond acceptors (Lipinski definition) is 4. The number of hydrogen-bond donors (Lipinski definition) is 2. The molecule has 0 spiro atoms. The Kier molecular flexibility index (Phi) is 3.19. The fourth-order valence-electron chi connectivity index (χ4n) is 1.07. The summed E-state index contributed by atoms with van der Waals surface area (Å²) in [7, 11) is 1.88. The lowest BCUT2D eigenvalue weighted by atomic mass is 10.2. The summed E-state index contributed by atoms with van der Waals surface area (Å²) in [5.74, 6) is 1.67. The van der Waals surface area contributed by atoms with Gasteiger partial charge in [-0.1, -0.05) is 13.8 Å². The van der Waals surface area contributed by atoms with Gasteiger partial charge in [0.05, 0.1) is 5.69 Å². The fourth-order valence-corrected chi connectivity index (χ4v) is 1.07. The SMILES string of the molecule is CNCc1cc(N)nc(C(C)C)n1. The molecule has 0 aliphatic rings. The number of anilines is 1. The molecular weight excluding hydrogens is 164 g/mol. The van der Waals surface area contributed by atoms with Crippen LogP contribution in [0.5, 0.6) is 0 Å². The zero-order chi connectivity index (χ0) is 9.84. The first kappa shape index (κ1) is 9.92. The molecule has 0 aromatic carbocycles. The second-order valence-electron chi connectivity index (χ2n) is 3.33. The maximum Gasteiger partial charge on any atom is 0.133 e. The number of aromatic nitrogens is 2. The van der Waals surface area contributed by atoms with Crippen molar-refractivity contribution in [2.45, 2.75) is 26.3 Å². The Morgan fingerprint density at radius 2 is 2.15 bits per heavy atom. The molecule has 1 heterocycles. The van der Waals surface area contributed by atoms with Crippen LogP contribution in [0.1, 0.15) is 31.3 Å². The third-order valence-corrected chi connectivity index (χ3v) is 1.69. The minimum atomic E-state index is 0.319. The van der Waals surface area contributed by atoms with Gasteiger partial charge in [-0.15, -0.1) is 0 Å². The van der Waals surface area contributed by atoms with Crippen molar-refractivity contribution in [2.75, 3.05) is 12.8 Å². The second kappa shape index (κ2) is 4.18. The Bertz CT molecular complexity index is 283. The molecule has 72 valence electrons. The fraction of sp³-hybridized carbons (Fsp3) is 0.556. The molecule has 4 heteroatoms. The van der Waals surface area contributed by atoms with Crippen molar-refractivity contribution in [1.82, 2.24) is 15.3 Å². The van der Waals surface area contributed by atoms with Gasteiger partial charge in [-0.3, -0.25) is 0 Å². The molecule has 1 aromatic rings. The van der Waals surface area contributed by atoms with E-state index < -0.39 is 0 Å². The summed E-state index contributed by atoms with van der Waals surface area (Å²) in [5, 5.41) is 3.03. The van der Waals surface area contributed by atoms with Gasteiger partial charge in [0.15, 0.2) is 0 Å². The normalized spacial score (nSPS) is 10.8. The lowest BCUT2D eigenvalue weighted by Gasteiger charge is -2.07. The summed E-state index contributed by atoms with van der Waals surface area (Å²) >= 11 is 0. The largest absolute Gasteiger partial charge is 0.384 e. The molecule has 1 rings (SSSR count). The molecule has 0 aliphatic carbocycles. The van der Waals surface area contributed by atoms with Crippen molar-refractivity contribution in [3.8, 4) is 0 Å². The smallest absolute Gasteiger partial charge is 0.133 e. The van der Waals surface area contributed by atoms with Crippen LogP contribution in [0.3, 0.4) is 0 Å². The molecule has 0 unspecified atom stereocenters. The lowest BCUT2D eigenvalue weighted by molar-refractivity contribution is 0.729. The second-order valence-corrected chi connectivity index (χ2v) is 3.33. The minimum Gasteiger partial charge on any atom is -0.384 e. The first-order chi connectivity index (χ1) is 6.13. The topological polar surface area (TPSA) is 63.8 Å². The molecule has 0 amide bonds. The van der Waals surface area contributed by atoms with Gasteiger partial charge in [-0.05, 0) is 7.05 Å². The molecule has 0 aliphatic heterocycles. The minimum absolute atomic E-state index is 0.319. The first-order valence-corrected chi connectivity index (χ1v) is 4.41. The Balaban J connectivity index is 2.96. The predicted molar refractivity (Wildman–Crippen MR) is 53.3 cm³/mol. The Labute approximate surface area is 78.6 Å². The van der Waals surface area contributed by atoms with E-state index in [2.05, 4.69) is 29.1 Å². The third kappa shape index (κ3) is 2.66. The maximum atomic E-state index is 5.65. The number of nitrogens with two attached hydrogens (primary N) is 1. The lowest BCUT2D eigenvalue weighted by Crippen LogP contribution is -2.11. The number of nitrogens with zero attached hydrogens (tertiary/aromatic N) is 2. The van der Waals surface area contributed by atoms with Crippen LogP contribution in [0.25, 0.3) is 0 Å². The van der Waals surface area contributed by atoms with E-state index in [0.717, 1.165) is 18.1 Å². The number of nitrogen functional groups attached to an aromatic ring is 1. The summed E-state index contributed by atoms with van der Waals surface area (Å²) in [6.45, 7) is 4.84. The summed E-state index contributed by atoms with van der Waals surface area (Å²) in [5.41, 5.74) is 6.59. The summed E-state index contributed by atoms with van der Waals surface area (Å²) < 4.78 is 0. The molecule has 0 atom stereocenters. The van der Waals surface area contributed by atoms with E-state index in [9.17, 15) is 0 Å². The molecule has 0 bridgehead atoms. The van der Waals surface area contributed by atoms with Gasteiger partial charge in [0.1, 0.15) is 11.6 Å². The highest BCUT2D eigenvalue weighted by molar-refractivity contribution is 5.30. The van der Waals surface area contributed by atoms with E-state index in [-0.39, 0.29) is 0 Å². The summed E-state index contributed by atoms with van der Waals surface area (Å²) in [6.07, 6.45) is 0. The predicted octanol–water partition coefficient (Wildman–Crippen LogP) is 0.902. The highest BCUT2D eigenvalue weighted by Gasteiger charge is 2.05. The zero-order valence-corrected chi connectivity index (χ0v) is 8.33. The Morgan fingerprint density at radius 3 is 2.69 bits per heavy atom. The van der Waals surface area contributed by atoms with Crippen molar-refractivity contribution in [1.29, 1.82) is 0 Å². The van der Waals surface area contributed by atoms with Crippen molar-refractivity contribution < 1.29 is 0 Å². The first-order valence-electron chi connectivity index (χ1n) is 4.41. The highest BCUT2D eigenvalue weighted by atomic mass is 15.0. The quantitative estimate of drug-likeness (QED) is 0.725. The standard InChI is InChI=1S/C9H16N4/c1-6(2)9-12-7(5-11-3)4-8(10)13-9/h4,6,11H,5H2,1-3H3,(H2,10,12,13). The van der Waals surface area contributed by atoms with Gasteiger partial charge in [-0.2, -0.15) is 0 Å². The molecule has 0 radical (unpaired) electrons. The maximum absolute atomic E-state index is 5.65. The van der Waals surface area contributed by atoms with Crippen LogP contribution in [0.2, 0.25) is 0 Å². The molecular formula is C9H16N4. The third-order valence-electron chi connectivity index (χ3n) is 1.69. The zero-order valence-electron chi connectivity index (χ0n) is 8.33. The number of rotatable bonds is 3. The van der Waals surface area contributed by atoms with Crippen LogP contribution in [0.15, 0.2) is 6.07 Å². The van der Waals surface area contributed by atoms with Gasteiger partial charge in [0.25, 0.3) is 0 Å². The van der Waals surface area contributed by atoms with Crippen LogP contribution in [-0.4, -0.2) is 17.0 Å². The van der Waals surface area contributed by atoms with E-state index >= 15 is 0 Å². The molecule has 0 saturated heterocycles. The average Bonchev–Trinajstić information content (AvgIpc) is 2.03.